The molecule has 0 heterocycles. The first-order chi connectivity index (χ1) is 7.38. The maximum atomic E-state index is 3.67. The third-order valence-electron chi connectivity index (χ3n) is 3.44. The van der Waals surface area contributed by atoms with Gasteiger partial charge < -0.3 is 5.32 Å². The van der Waals surface area contributed by atoms with E-state index in [2.05, 4.69) is 30.9 Å². The quantitative estimate of drug-likeness (QED) is 0.668. The van der Waals surface area contributed by atoms with Crippen molar-refractivity contribution in [1.82, 2.24) is 5.32 Å². The van der Waals surface area contributed by atoms with Crippen LogP contribution < -0.4 is 5.32 Å². The Kier molecular flexibility index (Phi) is 7.54. The second kappa shape index (κ2) is 8.46. The summed E-state index contributed by atoms with van der Waals surface area (Å²) in [5.41, 5.74) is 0. The van der Waals surface area contributed by atoms with E-state index in [0.29, 0.717) is 0 Å². The summed E-state index contributed by atoms with van der Waals surface area (Å²) in [7, 11) is 0. The molecule has 1 N–H and O–H groups in total. The summed E-state index contributed by atoms with van der Waals surface area (Å²) in [6.07, 6.45) is 8.66. The van der Waals surface area contributed by atoms with E-state index in [1.807, 2.05) is 0 Å². The highest BCUT2D eigenvalue weighted by Crippen LogP contribution is 2.28. The van der Waals surface area contributed by atoms with Crippen LogP contribution in [0.2, 0.25) is 0 Å². The minimum absolute atomic E-state index is 0.829. The molecular weight excluding hydrogens is 202 g/mol. The van der Waals surface area contributed by atoms with Crippen LogP contribution in [0.5, 0.6) is 0 Å². The van der Waals surface area contributed by atoms with Crippen LogP contribution in [0.25, 0.3) is 0 Å². The molecule has 0 aromatic carbocycles. The van der Waals surface area contributed by atoms with Gasteiger partial charge in [0, 0.05) is 6.04 Å². The molecule has 1 aliphatic rings. The summed E-state index contributed by atoms with van der Waals surface area (Å²) in [6.45, 7) is 5.64. The van der Waals surface area contributed by atoms with Crippen LogP contribution in [-0.2, 0) is 0 Å². The van der Waals surface area contributed by atoms with Gasteiger partial charge in [0.2, 0.25) is 0 Å². The Morgan fingerprint density at radius 3 is 2.73 bits per heavy atom. The molecule has 90 valence electrons. The van der Waals surface area contributed by atoms with Gasteiger partial charge in [-0.2, -0.15) is 11.8 Å². The number of rotatable bonds is 7. The summed E-state index contributed by atoms with van der Waals surface area (Å²) < 4.78 is 0. The molecule has 0 aromatic rings. The molecule has 0 spiro atoms. The van der Waals surface area contributed by atoms with E-state index in [1.165, 1.54) is 50.0 Å². The minimum Gasteiger partial charge on any atom is -0.314 e. The van der Waals surface area contributed by atoms with Crippen LogP contribution in [0.15, 0.2) is 0 Å². The fraction of sp³-hybridized carbons (Fsp3) is 1.00. The zero-order valence-corrected chi connectivity index (χ0v) is 11.2. The Bertz CT molecular complexity index is 147. The fourth-order valence-corrected chi connectivity index (χ4v) is 3.34. The Balaban J connectivity index is 2.17. The molecule has 2 heteroatoms. The van der Waals surface area contributed by atoms with Crippen molar-refractivity contribution in [3.05, 3.63) is 0 Å². The summed E-state index contributed by atoms with van der Waals surface area (Å²) in [6, 6.07) is 0.829. The Labute approximate surface area is 99.8 Å². The van der Waals surface area contributed by atoms with Crippen molar-refractivity contribution in [2.75, 3.05) is 18.1 Å². The predicted octanol–water partition coefficient (Wildman–Crippen LogP) is 3.69. The molecular formula is C13H27NS. The lowest BCUT2D eigenvalue weighted by molar-refractivity contribution is 0.251. The van der Waals surface area contributed by atoms with Crippen LogP contribution >= 0.6 is 11.8 Å². The number of hydrogen-bond donors (Lipinski definition) is 1. The van der Waals surface area contributed by atoms with E-state index >= 15 is 0 Å². The van der Waals surface area contributed by atoms with Gasteiger partial charge in [0.05, 0.1) is 0 Å². The number of nitrogens with one attached hydrogen (secondary N) is 1. The van der Waals surface area contributed by atoms with Gasteiger partial charge >= 0.3 is 0 Å². The van der Waals surface area contributed by atoms with Gasteiger partial charge in [-0.3, -0.25) is 0 Å². The molecule has 0 amide bonds. The molecule has 1 fully saturated rings. The first kappa shape index (κ1) is 13.4. The SMILES string of the molecule is CCNC1CCCCC1CCCSCC. The molecule has 2 atom stereocenters. The van der Waals surface area contributed by atoms with Gasteiger partial charge in [-0.05, 0) is 49.7 Å². The fourth-order valence-electron chi connectivity index (χ4n) is 2.68. The monoisotopic (exact) mass is 229 g/mol. The lowest BCUT2D eigenvalue weighted by atomic mass is 9.82. The third kappa shape index (κ3) is 5.26. The number of thioether (sulfide) groups is 1. The van der Waals surface area contributed by atoms with Crippen molar-refractivity contribution in [2.24, 2.45) is 5.92 Å². The van der Waals surface area contributed by atoms with Crippen LogP contribution in [-0.4, -0.2) is 24.1 Å². The van der Waals surface area contributed by atoms with Crippen LogP contribution in [0.4, 0.5) is 0 Å². The molecule has 1 aliphatic carbocycles. The van der Waals surface area contributed by atoms with Gasteiger partial charge in [0.1, 0.15) is 0 Å². The summed E-state index contributed by atoms with van der Waals surface area (Å²) in [5, 5.41) is 3.67. The first-order valence-electron chi connectivity index (χ1n) is 6.69. The maximum Gasteiger partial charge on any atom is 0.00952 e. The lowest BCUT2D eigenvalue weighted by Crippen LogP contribution is -2.38. The van der Waals surface area contributed by atoms with Crippen molar-refractivity contribution in [3.63, 3.8) is 0 Å². The molecule has 1 rings (SSSR count). The van der Waals surface area contributed by atoms with Gasteiger partial charge in [0.25, 0.3) is 0 Å². The van der Waals surface area contributed by atoms with E-state index in [1.54, 1.807) is 0 Å². The second-order valence-electron chi connectivity index (χ2n) is 4.55. The zero-order chi connectivity index (χ0) is 10.9. The van der Waals surface area contributed by atoms with Crippen molar-refractivity contribution in [3.8, 4) is 0 Å². The molecule has 0 saturated heterocycles. The maximum absolute atomic E-state index is 3.67. The Morgan fingerprint density at radius 1 is 1.20 bits per heavy atom. The van der Waals surface area contributed by atoms with E-state index in [-0.39, 0.29) is 0 Å². The van der Waals surface area contributed by atoms with Crippen LogP contribution in [0.3, 0.4) is 0 Å². The van der Waals surface area contributed by atoms with Crippen molar-refractivity contribution < 1.29 is 0 Å². The van der Waals surface area contributed by atoms with Gasteiger partial charge in [-0.25, -0.2) is 0 Å². The highest BCUT2D eigenvalue weighted by Gasteiger charge is 2.23. The minimum atomic E-state index is 0.829. The highest BCUT2D eigenvalue weighted by atomic mass is 32.2. The summed E-state index contributed by atoms with van der Waals surface area (Å²) in [4.78, 5) is 0. The molecule has 2 unspecified atom stereocenters. The van der Waals surface area contributed by atoms with Crippen molar-refractivity contribution in [1.29, 1.82) is 0 Å². The van der Waals surface area contributed by atoms with Crippen LogP contribution in [0, 0.1) is 5.92 Å². The molecule has 1 saturated carbocycles. The van der Waals surface area contributed by atoms with Crippen molar-refractivity contribution >= 4 is 11.8 Å². The largest absolute Gasteiger partial charge is 0.314 e. The Morgan fingerprint density at radius 2 is 2.00 bits per heavy atom. The molecule has 15 heavy (non-hydrogen) atoms. The average Bonchev–Trinajstić information content (AvgIpc) is 2.27. The molecule has 0 aliphatic heterocycles. The normalized spacial score (nSPS) is 26.8. The highest BCUT2D eigenvalue weighted by molar-refractivity contribution is 7.99. The average molecular weight is 229 g/mol. The molecule has 0 radical (unpaired) electrons. The smallest absolute Gasteiger partial charge is 0.00952 e. The van der Waals surface area contributed by atoms with Gasteiger partial charge in [-0.15, -0.1) is 0 Å². The first-order valence-corrected chi connectivity index (χ1v) is 7.85. The Hall–Kier alpha value is 0.310. The van der Waals surface area contributed by atoms with Crippen LogP contribution in [0.1, 0.15) is 52.4 Å². The zero-order valence-electron chi connectivity index (χ0n) is 10.4. The van der Waals surface area contributed by atoms with Gasteiger partial charge in [-0.1, -0.05) is 26.7 Å². The topological polar surface area (TPSA) is 12.0 Å². The van der Waals surface area contributed by atoms with E-state index in [0.717, 1.165) is 18.5 Å². The summed E-state index contributed by atoms with van der Waals surface area (Å²) >= 11 is 2.09. The van der Waals surface area contributed by atoms with E-state index in [9.17, 15) is 0 Å². The molecule has 0 bridgehead atoms. The molecule has 1 nitrogen and oxygen atoms in total. The summed E-state index contributed by atoms with van der Waals surface area (Å²) in [5.74, 6) is 3.61. The van der Waals surface area contributed by atoms with E-state index < -0.39 is 0 Å². The van der Waals surface area contributed by atoms with Crippen molar-refractivity contribution in [2.45, 2.75) is 58.4 Å². The second-order valence-corrected chi connectivity index (χ2v) is 5.94. The lowest BCUT2D eigenvalue weighted by Gasteiger charge is -2.32. The van der Waals surface area contributed by atoms with Gasteiger partial charge in [0.15, 0.2) is 0 Å². The van der Waals surface area contributed by atoms with E-state index in [4.69, 9.17) is 0 Å². The predicted molar refractivity (Wildman–Crippen MR) is 71.7 cm³/mol. The molecule has 0 aromatic heterocycles. The number of hydrogen-bond acceptors (Lipinski definition) is 2. The standard InChI is InChI=1S/C13H27NS/c1-3-14-13-10-6-5-8-12(13)9-7-11-15-4-2/h12-14H,3-11H2,1-2H3. The third-order valence-corrected chi connectivity index (χ3v) is 4.43.